The first-order valence-corrected chi connectivity index (χ1v) is 9.34. The first-order valence-electron chi connectivity index (χ1n) is 9.34. The zero-order valence-corrected chi connectivity index (χ0v) is 17.4. The molecule has 1 atom stereocenters. The summed E-state index contributed by atoms with van der Waals surface area (Å²) in [7, 11) is 1.60. The Kier molecular flexibility index (Phi) is 12.2. The number of para-hydroxylation sites is 1. The Morgan fingerprint density at radius 1 is 1.07 bits per heavy atom. The van der Waals surface area contributed by atoms with Crippen molar-refractivity contribution in [3.63, 3.8) is 0 Å². The highest BCUT2D eigenvalue weighted by molar-refractivity contribution is 5.90. The summed E-state index contributed by atoms with van der Waals surface area (Å²) in [6.45, 7) is 5.47. The number of hydrogen-bond acceptors (Lipinski definition) is 4. The fourth-order valence-electron chi connectivity index (χ4n) is 2.25. The van der Waals surface area contributed by atoms with Gasteiger partial charge in [0.1, 0.15) is 6.04 Å². The molecule has 9 heteroatoms. The Bertz CT molecular complexity index is 816. The SMILES string of the molecule is CC.CNC(C)=O.NC(=O)CCC(=O)N[C@@H](Cc1c[nH]c2ccccc12)C(N)=O. The van der Waals surface area contributed by atoms with Gasteiger partial charge in [0.25, 0.3) is 0 Å². The lowest BCUT2D eigenvalue weighted by Crippen LogP contribution is -2.46. The van der Waals surface area contributed by atoms with Crippen LogP contribution in [0.2, 0.25) is 0 Å². The van der Waals surface area contributed by atoms with E-state index in [9.17, 15) is 19.2 Å². The molecule has 7 N–H and O–H groups in total. The van der Waals surface area contributed by atoms with Gasteiger partial charge in [0, 0.05) is 50.3 Å². The lowest BCUT2D eigenvalue weighted by Gasteiger charge is -2.15. The monoisotopic (exact) mass is 405 g/mol. The molecule has 2 aromatic rings. The number of aromatic amines is 1. The van der Waals surface area contributed by atoms with Crippen molar-refractivity contribution in [3.05, 3.63) is 36.0 Å². The number of primary amides is 2. The van der Waals surface area contributed by atoms with E-state index in [1.165, 1.54) is 6.92 Å². The molecule has 0 fully saturated rings. The number of benzene rings is 1. The van der Waals surface area contributed by atoms with E-state index in [4.69, 9.17) is 11.5 Å². The summed E-state index contributed by atoms with van der Waals surface area (Å²) in [4.78, 5) is 46.7. The quantitative estimate of drug-likeness (QED) is 0.459. The molecule has 0 bridgehead atoms. The first kappa shape index (κ1) is 25.6. The molecule has 1 heterocycles. The van der Waals surface area contributed by atoms with Gasteiger partial charge < -0.3 is 27.1 Å². The van der Waals surface area contributed by atoms with E-state index in [0.29, 0.717) is 0 Å². The summed E-state index contributed by atoms with van der Waals surface area (Å²) < 4.78 is 0. The summed E-state index contributed by atoms with van der Waals surface area (Å²) in [5, 5.41) is 5.90. The summed E-state index contributed by atoms with van der Waals surface area (Å²) in [5.74, 6) is -1.62. The maximum atomic E-state index is 11.7. The molecule has 1 aromatic carbocycles. The molecule has 0 radical (unpaired) electrons. The maximum Gasteiger partial charge on any atom is 0.240 e. The minimum Gasteiger partial charge on any atom is -0.370 e. The largest absolute Gasteiger partial charge is 0.370 e. The number of H-pyrrole nitrogens is 1. The number of nitrogens with two attached hydrogens (primary N) is 2. The average Bonchev–Trinajstić information content (AvgIpc) is 3.11. The van der Waals surface area contributed by atoms with Crippen LogP contribution in [-0.2, 0) is 25.6 Å². The van der Waals surface area contributed by atoms with Crippen molar-refractivity contribution in [2.75, 3.05) is 7.05 Å². The molecule has 0 aliphatic carbocycles. The van der Waals surface area contributed by atoms with Crippen molar-refractivity contribution in [1.82, 2.24) is 15.6 Å². The molecule has 0 unspecified atom stereocenters. The van der Waals surface area contributed by atoms with Gasteiger partial charge in [-0.25, -0.2) is 0 Å². The summed E-state index contributed by atoms with van der Waals surface area (Å²) in [5.41, 5.74) is 12.2. The molecule has 2 rings (SSSR count). The molecule has 0 spiro atoms. The van der Waals surface area contributed by atoms with Crippen LogP contribution in [0.25, 0.3) is 10.9 Å². The average molecular weight is 405 g/mol. The highest BCUT2D eigenvalue weighted by Crippen LogP contribution is 2.19. The van der Waals surface area contributed by atoms with Gasteiger partial charge in [0.05, 0.1) is 0 Å². The normalized spacial score (nSPS) is 10.5. The van der Waals surface area contributed by atoms with Crippen molar-refractivity contribution in [1.29, 1.82) is 0 Å². The summed E-state index contributed by atoms with van der Waals surface area (Å²) in [6.07, 6.45) is 1.94. The molecular weight excluding hydrogens is 374 g/mol. The summed E-state index contributed by atoms with van der Waals surface area (Å²) >= 11 is 0. The van der Waals surface area contributed by atoms with Gasteiger partial charge in [-0.15, -0.1) is 0 Å². The van der Waals surface area contributed by atoms with Crippen LogP contribution >= 0.6 is 0 Å². The third kappa shape index (κ3) is 9.94. The van der Waals surface area contributed by atoms with Gasteiger partial charge in [0.2, 0.25) is 23.6 Å². The van der Waals surface area contributed by atoms with Crippen LogP contribution in [0, 0.1) is 0 Å². The second-order valence-electron chi connectivity index (χ2n) is 5.86. The topological polar surface area (TPSA) is 160 Å². The Morgan fingerprint density at radius 3 is 2.17 bits per heavy atom. The van der Waals surface area contributed by atoms with E-state index in [-0.39, 0.29) is 25.2 Å². The Balaban J connectivity index is 0.000000977. The third-order valence-electron chi connectivity index (χ3n) is 3.73. The van der Waals surface area contributed by atoms with E-state index in [2.05, 4.69) is 15.6 Å². The minimum atomic E-state index is -0.834. The smallest absolute Gasteiger partial charge is 0.240 e. The molecule has 9 nitrogen and oxygen atoms in total. The molecule has 4 amide bonds. The van der Waals surface area contributed by atoms with Crippen LogP contribution in [0.3, 0.4) is 0 Å². The van der Waals surface area contributed by atoms with Gasteiger partial charge in [-0.3, -0.25) is 19.2 Å². The Hall–Kier alpha value is -3.36. The van der Waals surface area contributed by atoms with Gasteiger partial charge in [-0.1, -0.05) is 32.0 Å². The molecular formula is C20H31N5O4. The zero-order chi connectivity index (χ0) is 22.4. The van der Waals surface area contributed by atoms with Crippen molar-refractivity contribution in [2.24, 2.45) is 11.5 Å². The van der Waals surface area contributed by atoms with Gasteiger partial charge in [-0.2, -0.15) is 0 Å². The van der Waals surface area contributed by atoms with Crippen LogP contribution in [0.4, 0.5) is 0 Å². The number of nitrogens with one attached hydrogen (secondary N) is 3. The highest BCUT2D eigenvalue weighted by atomic mass is 16.2. The number of hydrogen-bond donors (Lipinski definition) is 5. The minimum absolute atomic E-state index is 0.00463. The number of rotatable bonds is 7. The number of carbonyl (C=O) groups is 4. The van der Waals surface area contributed by atoms with E-state index >= 15 is 0 Å². The van der Waals surface area contributed by atoms with Crippen molar-refractivity contribution < 1.29 is 19.2 Å². The first-order chi connectivity index (χ1) is 13.7. The van der Waals surface area contributed by atoms with E-state index in [1.807, 2.05) is 38.1 Å². The molecule has 0 saturated carbocycles. The Labute approximate surface area is 170 Å². The van der Waals surface area contributed by atoms with Crippen LogP contribution in [0.5, 0.6) is 0 Å². The van der Waals surface area contributed by atoms with E-state index in [1.54, 1.807) is 13.2 Å². The van der Waals surface area contributed by atoms with Crippen molar-refractivity contribution in [3.8, 4) is 0 Å². The fourth-order valence-corrected chi connectivity index (χ4v) is 2.25. The maximum absolute atomic E-state index is 11.7. The molecule has 160 valence electrons. The van der Waals surface area contributed by atoms with Crippen LogP contribution in [-0.4, -0.2) is 41.7 Å². The second kappa shape index (κ2) is 13.8. The third-order valence-corrected chi connectivity index (χ3v) is 3.73. The molecule has 0 aliphatic rings. The molecule has 0 saturated heterocycles. The zero-order valence-electron chi connectivity index (χ0n) is 17.4. The standard InChI is InChI=1S/C15H18N4O3.C3H7NO.C2H6/c16-13(20)5-6-14(21)19-12(15(17)22)7-9-8-18-11-4-2-1-3-10(9)11;1-3(5)4-2;1-2/h1-4,8,12,18H,5-7H2,(H2,16,20)(H2,17,22)(H,19,21);1-2H3,(H,4,5);1-2H3/t12-;;/m0../s1. The number of amides is 4. The number of fused-ring (bicyclic) bond motifs is 1. The van der Waals surface area contributed by atoms with Gasteiger partial charge in [0.15, 0.2) is 0 Å². The second-order valence-corrected chi connectivity index (χ2v) is 5.86. The number of carbonyl (C=O) groups excluding carboxylic acids is 4. The lowest BCUT2D eigenvalue weighted by molar-refractivity contribution is -0.128. The van der Waals surface area contributed by atoms with E-state index < -0.39 is 23.8 Å². The highest BCUT2D eigenvalue weighted by Gasteiger charge is 2.20. The van der Waals surface area contributed by atoms with Crippen molar-refractivity contribution in [2.45, 2.75) is 46.1 Å². The van der Waals surface area contributed by atoms with Crippen LogP contribution in [0.15, 0.2) is 30.5 Å². The van der Waals surface area contributed by atoms with Gasteiger partial charge in [-0.05, 0) is 11.6 Å². The van der Waals surface area contributed by atoms with Crippen LogP contribution < -0.4 is 22.1 Å². The molecule has 29 heavy (non-hydrogen) atoms. The van der Waals surface area contributed by atoms with Crippen molar-refractivity contribution >= 4 is 34.5 Å². The number of aromatic nitrogens is 1. The lowest BCUT2D eigenvalue weighted by atomic mass is 10.0. The summed E-state index contributed by atoms with van der Waals surface area (Å²) in [6, 6.07) is 6.81. The molecule has 0 aliphatic heterocycles. The fraction of sp³-hybridized carbons (Fsp3) is 0.400. The van der Waals surface area contributed by atoms with Crippen LogP contribution in [0.1, 0.15) is 39.2 Å². The predicted octanol–water partition coefficient (Wildman–Crippen LogP) is 0.725. The molecule has 1 aromatic heterocycles. The predicted molar refractivity (Wildman–Crippen MR) is 113 cm³/mol. The Morgan fingerprint density at radius 2 is 1.66 bits per heavy atom. The van der Waals surface area contributed by atoms with Gasteiger partial charge >= 0.3 is 0 Å². The van der Waals surface area contributed by atoms with E-state index in [0.717, 1.165) is 16.5 Å².